The lowest BCUT2D eigenvalue weighted by molar-refractivity contribution is -0.122. The Labute approximate surface area is 125 Å². The van der Waals surface area contributed by atoms with E-state index in [9.17, 15) is 14.3 Å². The molecule has 1 saturated carbocycles. The van der Waals surface area contributed by atoms with Crippen LogP contribution >= 0.6 is 0 Å². The molecule has 3 unspecified atom stereocenters. The van der Waals surface area contributed by atoms with Crippen LogP contribution in [0, 0.1) is 11.7 Å². The van der Waals surface area contributed by atoms with Gasteiger partial charge in [0.25, 0.3) is 0 Å². The number of aliphatic hydroxyl groups is 1. The van der Waals surface area contributed by atoms with E-state index in [4.69, 9.17) is 0 Å². The molecule has 4 heteroatoms. The predicted octanol–water partition coefficient (Wildman–Crippen LogP) is 2.99. The number of halogens is 1. The van der Waals surface area contributed by atoms with E-state index >= 15 is 0 Å². The van der Waals surface area contributed by atoms with Crippen molar-refractivity contribution in [3.05, 3.63) is 35.6 Å². The SMILES string of the molecule is CC(CC(=O)NC1CCCCC1CO)c1cccc(F)c1. The van der Waals surface area contributed by atoms with E-state index in [1.165, 1.54) is 12.1 Å². The fraction of sp³-hybridized carbons (Fsp3) is 0.588. The molecule has 0 aliphatic heterocycles. The Morgan fingerprint density at radius 1 is 1.43 bits per heavy atom. The topological polar surface area (TPSA) is 49.3 Å². The quantitative estimate of drug-likeness (QED) is 0.877. The highest BCUT2D eigenvalue weighted by atomic mass is 19.1. The zero-order valence-electron chi connectivity index (χ0n) is 12.5. The third kappa shape index (κ3) is 4.53. The molecule has 2 rings (SSSR count). The summed E-state index contributed by atoms with van der Waals surface area (Å²) in [4.78, 5) is 12.2. The molecule has 0 radical (unpaired) electrons. The molecule has 1 aromatic carbocycles. The number of carbonyl (C=O) groups is 1. The molecule has 0 saturated heterocycles. The summed E-state index contributed by atoms with van der Waals surface area (Å²) in [5.41, 5.74) is 0.840. The van der Waals surface area contributed by atoms with Gasteiger partial charge in [-0.15, -0.1) is 0 Å². The lowest BCUT2D eigenvalue weighted by Crippen LogP contribution is -2.43. The standard InChI is InChI=1S/C17H24FNO2/c1-12(13-6-4-7-15(18)10-13)9-17(21)19-16-8-3-2-5-14(16)11-20/h4,6-7,10,12,14,16,20H,2-3,5,8-9,11H2,1H3,(H,19,21). The van der Waals surface area contributed by atoms with Gasteiger partial charge in [0.2, 0.25) is 5.91 Å². The van der Waals surface area contributed by atoms with Crippen LogP contribution in [0.3, 0.4) is 0 Å². The van der Waals surface area contributed by atoms with Crippen molar-refractivity contribution in [1.29, 1.82) is 0 Å². The second-order valence-electron chi connectivity index (χ2n) is 6.06. The molecule has 0 bridgehead atoms. The van der Waals surface area contributed by atoms with E-state index in [1.807, 2.05) is 13.0 Å². The van der Waals surface area contributed by atoms with E-state index in [0.29, 0.717) is 6.42 Å². The summed E-state index contributed by atoms with van der Waals surface area (Å²) in [6, 6.07) is 6.48. The smallest absolute Gasteiger partial charge is 0.220 e. The average molecular weight is 293 g/mol. The fourth-order valence-electron chi connectivity index (χ4n) is 3.09. The first-order valence-corrected chi connectivity index (χ1v) is 7.76. The van der Waals surface area contributed by atoms with E-state index < -0.39 is 0 Å². The highest BCUT2D eigenvalue weighted by Gasteiger charge is 2.26. The maximum Gasteiger partial charge on any atom is 0.220 e. The van der Waals surface area contributed by atoms with Gasteiger partial charge in [-0.3, -0.25) is 4.79 Å². The Balaban J connectivity index is 1.89. The summed E-state index contributed by atoms with van der Waals surface area (Å²) in [6.45, 7) is 2.06. The number of hydrogen-bond donors (Lipinski definition) is 2. The minimum Gasteiger partial charge on any atom is -0.396 e. The molecule has 1 aromatic rings. The van der Waals surface area contributed by atoms with Gasteiger partial charge in [0.05, 0.1) is 0 Å². The molecule has 21 heavy (non-hydrogen) atoms. The highest BCUT2D eigenvalue weighted by molar-refractivity contribution is 5.77. The Kier molecular flexibility index (Phi) is 5.74. The molecular formula is C17H24FNO2. The van der Waals surface area contributed by atoms with Gasteiger partial charge in [-0.05, 0) is 36.5 Å². The van der Waals surface area contributed by atoms with Crippen LogP contribution in [-0.2, 0) is 4.79 Å². The first-order chi connectivity index (χ1) is 10.1. The van der Waals surface area contributed by atoms with Crippen LogP contribution in [0.2, 0.25) is 0 Å². The number of nitrogens with one attached hydrogen (secondary N) is 1. The van der Waals surface area contributed by atoms with Crippen molar-refractivity contribution < 1.29 is 14.3 Å². The number of rotatable bonds is 5. The second kappa shape index (κ2) is 7.55. The summed E-state index contributed by atoms with van der Waals surface area (Å²) < 4.78 is 13.2. The summed E-state index contributed by atoms with van der Waals surface area (Å²) in [6.07, 6.45) is 4.47. The van der Waals surface area contributed by atoms with Crippen molar-refractivity contribution in [2.24, 2.45) is 5.92 Å². The Bertz CT molecular complexity index is 478. The monoisotopic (exact) mass is 293 g/mol. The van der Waals surface area contributed by atoms with Crippen molar-refractivity contribution in [1.82, 2.24) is 5.32 Å². The van der Waals surface area contributed by atoms with Gasteiger partial charge in [-0.2, -0.15) is 0 Å². The zero-order chi connectivity index (χ0) is 15.2. The molecule has 1 fully saturated rings. The van der Waals surface area contributed by atoms with Gasteiger partial charge < -0.3 is 10.4 Å². The molecular weight excluding hydrogens is 269 g/mol. The van der Waals surface area contributed by atoms with Gasteiger partial charge in [0.1, 0.15) is 5.82 Å². The van der Waals surface area contributed by atoms with Crippen LogP contribution in [0.15, 0.2) is 24.3 Å². The second-order valence-corrected chi connectivity index (χ2v) is 6.06. The van der Waals surface area contributed by atoms with Gasteiger partial charge in [0, 0.05) is 25.0 Å². The average Bonchev–Trinajstić information content (AvgIpc) is 2.47. The normalized spacial score (nSPS) is 23.6. The number of amides is 1. The molecule has 0 spiro atoms. The Hall–Kier alpha value is -1.42. The largest absolute Gasteiger partial charge is 0.396 e. The van der Waals surface area contributed by atoms with Crippen LogP contribution in [0.1, 0.15) is 50.5 Å². The molecule has 116 valence electrons. The van der Waals surface area contributed by atoms with Crippen molar-refractivity contribution in [2.75, 3.05) is 6.61 Å². The van der Waals surface area contributed by atoms with Crippen LogP contribution in [-0.4, -0.2) is 23.7 Å². The minimum absolute atomic E-state index is 0.0166. The molecule has 3 nitrogen and oxygen atoms in total. The third-order valence-corrected chi connectivity index (χ3v) is 4.40. The molecule has 1 aliphatic carbocycles. The lowest BCUT2D eigenvalue weighted by Gasteiger charge is -2.31. The maximum absolute atomic E-state index is 13.2. The first kappa shape index (κ1) is 16.0. The molecule has 0 aromatic heterocycles. The van der Waals surface area contributed by atoms with Crippen LogP contribution in [0.4, 0.5) is 4.39 Å². The summed E-state index contributed by atoms with van der Waals surface area (Å²) in [5.74, 6) is -0.131. The van der Waals surface area contributed by atoms with Gasteiger partial charge in [-0.1, -0.05) is 31.9 Å². The van der Waals surface area contributed by atoms with Gasteiger partial charge in [-0.25, -0.2) is 4.39 Å². The molecule has 0 heterocycles. The van der Waals surface area contributed by atoms with Crippen molar-refractivity contribution >= 4 is 5.91 Å². The van der Waals surface area contributed by atoms with E-state index in [0.717, 1.165) is 31.2 Å². The predicted molar refractivity (Wildman–Crippen MR) is 80.4 cm³/mol. The van der Waals surface area contributed by atoms with Gasteiger partial charge in [0.15, 0.2) is 0 Å². The van der Waals surface area contributed by atoms with Gasteiger partial charge >= 0.3 is 0 Å². The van der Waals surface area contributed by atoms with Crippen LogP contribution < -0.4 is 5.32 Å². The van der Waals surface area contributed by atoms with E-state index in [2.05, 4.69) is 5.32 Å². The lowest BCUT2D eigenvalue weighted by atomic mass is 9.85. The summed E-state index contributed by atoms with van der Waals surface area (Å²) in [7, 11) is 0. The highest BCUT2D eigenvalue weighted by Crippen LogP contribution is 2.25. The summed E-state index contributed by atoms with van der Waals surface area (Å²) >= 11 is 0. The first-order valence-electron chi connectivity index (χ1n) is 7.76. The van der Waals surface area contributed by atoms with Crippen molar-refractivity contribution in [2.45, 2.75) is 51.0 Å². The third-order valence-electron chi connectivity index (χ3n) is 4.40. The maximum atomic E-state index is 13.2. The number of hydrogen-bond acceptors (Lipinski definition) is 2. The zero-order valence-corrected chi connectivity index (χ0v) is 12.5. The van der Waals surface area contributed by atoms with E-state index in [-0.39, 0.29) is 36.2 Å². The summed E-state index contributed by atoms with van der Waals surface area (Å²) in [5, 5.41) is 12.4. The minimum atomic E-state index is -0.271. The Morgan fingerprint density at radius 2 is 2.19 bits per heavy atom. The van der Waals surface area contributed by atoms with Crippen molar-refractivity contribution in [3.63, 3.8) is 0 Å². The van der Waals surface area contributed by atoms with Crippen LogP contribution in [0.25, 0.3) is 0 Å². The number of benzene rings is 1. The Morgan fingerprint density at radius 3 is 2.90 bits per heavy atom. The van der Waals surface area contributed by atoms with E-state index in [1.54, 1.807) is 6.07 Å². The van der Waals surface area contributed by atoms with Crippen LogP contribution in [0.5, 0.6) is 0 Å². The fourth-order valence-corrected chi connectivity index (χ4v) is 3.09. The molecule has 1 aliphatic rings. The van der Waals surface area contributed by atoms with Crippen molar-refractivity contribution in [3.8, 4) is 0 Å². The molecule has 1 amide bonds. The number of aliphatic hydroxyl groups excluding tert-OH is 1. The number of carbonyl (C=O) groups excluding carboxylic acids is 1. The molecule has 2 N–H and O–H groups in total. The molecule has 3 atom stereocenters.